The van der Waals surface area contributed by atoms with Gasteiger partial charge in [-0.1, -0.05) is 58.0 Å². The summed E-state index contributed by atoms with van der Waals surface area (Å²) in [6, 6.07) is 21.9. The SMILES string of the molecule is CC(C)[C@H]1COC(c2ccccc2OCc2cccc(COc3ccccc3C3=N[C@@H](C(C)C)CO3)n2)=N1. The number of pyridine rings is 1. The van der Waals surface area contributed by atoms with Gasteiger partial charge in [-0.25, -0.2) is 9.98 Å². The van der Waals surface area contributed by atoms with Gasteiger partial charge in [0.2, 0.25) is 11.8 Å². The minimum Gasteiger partial charge on any atom is -0.486 e. The maximum Gasteiger partial charge on any atom is 0.220 e. The van der Waals surface area contributed by atoms with Crippen molar-refractivity contribution in [2.45, 2.75) is 53.0 Å². The van der Waals surface area contributed by atoms with Gasteiger partial charge in [0, 0.05) is 0 Å². The minimum absolute atomic E-state index is 0.172. The molecule has 0 saturated carbocycles. The fourth-order valence-corrected chi connectivity index (χ4v) is 4.29. The molecule has 0 N–H and O–H groups in total. The van der Waals surface area contributed by atoms with Crippen LogP contribution in [-0.4, -0.2) is 42.1 Å². The van der Waals surface area contributed by atoms with Crippen LogP contribution >= 0.6 is 0 Å². The molecule has 0 bridgehead atoms. The van der Waals surface area contributed by atoms with E-state index in [4.69, 9.17) is 33.9 Å². The quantitative estimate of drug-likeness (QED) is 0.340. The highest BCUT2D eigenvalue weighted by atomic mass is 16.5. The number of aliphatic imine (C=N–C) groups is 2. The van der Waals surface area contributed by atoms with E-state index in [9.17, 15) is 0 Å². The number of nitrogens with zero attached hydrogens (tertiary/aromatic N) is 3. The molecule has 0 unspecified atom stereocenters. The molecule has 3 heterocycles. The van der Waals surface area contributed by atoms with Gasteiger partial charge in [0.25, 0.3) is 0 Å². The summed E-state index contributed by atoms with van der Waals surface area (Å²) in [5.74, 6) is 3.59. The van der Waals surface area contributed by atoms with E-state index in [1.165, 1.54) is 0 Å². The Hall–Kier alpha value is -3.87. The van der Waals surface area contributed by atoms with Crippen molar-refractivity contribution in [1.29, 1.82) is 0 Å². The Kier molecular flexibility index (Phi) is 7.91. The largest absolute Gasteiger partial charge is 0.486 e. The third-order valence-electron chi connectivity index (χ3n) is 6.74. The summed E-state index contributed by atoms with van der Waals surface area (Å²) < 4.78 is 24.1. The van der Waals surface area contributed by atoms with E-state index in [2.05, 4.69) is 27.7 Å². The molecule has 7 heteroatoms. The van der Waals surface area contributed by atoms with E-state index in [-0.39, 0.29) is 12.1 Å². The molecule has 0 aliphatic carbocycles. The van der Waals surface area contributed by atoms with Crippen molar-refractivity contribution >= 4 is 11.8 Å². The second-order valence-corrected chi connectivity index (χ2v) is 10.3. The van der Waals surface area contributed by atoms with Crippen molar-refractivity contribution in [3.05, 3.63) is 89.2 Å². The van der Waals surface area contributed by atoms with Gasteiger partial charge in [-0.2, -0.15) is 0 Å². The molecule has 1 aromatic heterocycles. The predicted molar refractivity (Wildman–Crippen MR) is 148 cm³/mol. The Balaban J connectivity index is 1.24. The maximum atomic E-state index is 6.17. The third-order valence-corrected chi connectivity index (χ3v) is 6.74. The smallest absolute Gasteiger partial charge is 0.220 e. The molecule has 0 amide bonds. The third kappa shape index (κ3) is 5.98. The molecule has 0 radical (unpaired) electrons. The van der Waals surface area contributed by atoms with Gasteiger partial charge in [-0.3, -0.25) is 4.98 Å². The first-order valence-corrected chi connectivity index (χ1v) is 13.3. The number of aromatic nitrogens is 1. The van der Waals surface area contributed by atoms with Crippen LogP contribution < -0.4 is 9.47 Å². The number of hydrogen-bond donors (Lipinski definition) is 0. The molecule has 2 aliphatic heterocycles. The van der Waals surface area contributed by atoms with Crippen molar-refractivity contribution in [2.75, 3.05) is 13.2 Å². The number of ether oxygens (including phenoxy) is 4. The zero-order valence-electron chi connectivity index (χ0n) is 22.5. The summed E-state index contributed by atoms with van der Waals surface area (Å²) in [7, 11) is 0. The molecule has 7 nitrogen and oxygen atoms in total. The summed E-state index contributed by atoms with van der Waals surface area (Å²) in [6.45, 7) is 10.5. The second-order valence-electron chi connectivity index (χ2n) is 10.3. The van der Waals surface area contributed by atoms with Crippen molar-refractivity contribution in [3.8, 4) is 11.5 Å². The molecule has 0 spiro atoms. The van der Waals surface area contributed by atoms with Gasteiger partial charge in [0.15, 0.2) is 0 Å². The van der Waals surface area contributed by atoms with Crippen molar-refractivity contribution in [2.24, 2.45) is 21.8 Å². The number of hydrogen-bond acceptors (Lipinski definition) is 7. The highest BCUT2D eigenvalue weighted by Gasteiger charge is 2.26. The number of para-hydroxylation sites is 2. The lowest BCUT2D eigenvalue weighted by atomic mass is 10.1. The van der Waals surface area contributed by atoms with Crippen LogP contribution in [-0.2, 0) is 22.7 Å². The van der Waals surface area contributed by atoms with Crippen LogP contribution in [0.15, 0.2) is 76.7 Å². The highest BCUT2D eigenvalue weighted by molar-refractivity contribution is 5.98. The highest BCUT2D eigenvalue weighted by Crippen LogP contribution is 2.27. The van der Waals surface area contributed by atoms with Gasteiger partial charge in [0.05, 0.1) is 34.6 Å². The Morgan fingerprint density at radius 3 is 1.53 bits per heavy atom. The number of rotatable bonds is 10. The van der Waals surface area contributed by atoms with Crippen LogP contribution in [0, 0.1) is 11.8 Å². The Morgan fingerprint density at radius 2 is 1.11 bits per heavy atom. The lowest BCUT2D eigenvalue weighted by Crippen LogP contribution is -2.13. The lowest BCUT2D eigenvalue weighted by Gasteiger charge is -2.13. The molecule has 0 fully saturated rings. The molecule has 2 aromatic carbocycles. The molecule has 38 heavy (non-hydrogen) atoms. The van der Waals surface area contributed by atoms with Crippen molar-refractivity contribution in [1.82, 2.24) is 4.98 Å². The van der Waals surface area contributed by atoms with Gasteiger partial charge < -0.3 is 18.9 Å². The van der Waals surface area contributed by atoms with Crippen LogP contribution in [0.5, 0.6) is 11.5 Å². The van der Waals surface area contributed by atoms with Crippen molar-refractivity contribution < 1.29 is 18.9 Å². The summed E-state index contributed by atoms with van der Waals surface area (Å²) in [4.78, 5) is 14.3. The van der Waals surface area contributed by atoms with Crippen LogP contribution in [0.1, 0.15) is 50.2 Å². The van der Waals surface area contributed by atoms with E-state index in [1.54, 1.807) is 0 Å². The Bertz CT molecular complexity index is 1220. The summed E-state index contributed by atoms with van der Waals surface area (Å²) in [5.41, 5.74) is 3.35. The standard InChI is InChI=1S/C31H35N3O4/c1-20(2)26-18-37-30(33-26)24-12-5-7-14-28(24)35-16-22-10-9-11-23(32-22)17-36-29-15-8-6-13-25(29)31-34-27(19-38-31)21(3)4/h5-15,20-21,26-27H,16-19H2,1-4H3/t26-,27-/m1/s1. The Morgan fingerprint density at radius 1 is 0.658 bits per heavy atom. The summed E-state index contributed by atoms with van der Waals surface area (Å²) in [5, 5.41) is 0. The maximum absolute atomic E-state index is 6.17. The lowest BCUT2D eigenvalue weighted by molar-refractivity contribution is 0.280. The molecular weight excluding hydrogens is 478 g/mol. The van der Waals surface area contributed by atoms with Crippen LogP contribution in [0.3, 0.4) is 0 Å². The number of benzene rings is 2. The van der Waals surface area contributed by atoms with Gasteiger partial charge in [0.1, 0.15) is 37.9 Å². The Labute approximate surface area is 224 Å². The molecular formula is C31H35N3O4. The molecule has 3 aromatic rings. The fourth-order valence-electron chi connectivity index (χ4n) is 4.29. The van der Waals surface area contributed by atoms with Crippen LogP contribution in [0.4, 0.5) is 0 Å². The first-order chi connectivity index (χ1) is 18.5. The second kappa shape index (κ2) is 11.7. The molecule has 2 atom stereocenters. The minimum atomic E-state index is 0.172. The predicted octanol–water partition coefficient (Wildman–Crippen LogP) is 5.84. The van der Waals surface area contributed by atoms with E-state index in [1.807, 2.05) is 66.7 Å². The van der Waals surface area contributed by atoms with E-state index >= 15 is 0 Å². The first kappa shape index (κ1) is 25.8. The molecule has 198 valence electrons. The molecule has 2 aliphatic rings. The topological polar surface area (TPSA) is 74.5 Å². The summed E-state index contributed by atoms with van der Waals surface area (Å²) in [6.07, 6.45) is 0. The monoisotopic (exact) mass is 513 g/mol. The van der Waals surface area contributed by atoms with Gasteiger partial charge >= 0.3 is 0 Å². The van der Waals surface area contributed by atoms with Crippen molar-refractivity contribution in [3.63, 3.8) is 0 Å². The fraction of sp³-hybridized carbons (Fsp3) is 0.387. The van der Waals surface area contributed by atoms with E-state index < -0.39 is 0 Å². The van der Waals surface area contributed by atoms with Gasteiger partial charge in [-0.15, -0.1) is 0 Å². The first-order valence-electron chi connectivity index (χ1n) is 13.3. The van der Waals surface area contributed by atoms with E-state index in [0.29, 0.717) is 50.1 Å². The zero-order valence-corrected chi connectivity index (χ0v) is 22.5. The van der Waals surface area contributed by atoms with Gasteiger partial charge in [-0.05, 0) is 48.2 Å². The normalized spacial score (nSPS) is 18.7. The van der Waals surface area contributed by atoms with E-state index in [0.717, 1.165) is 34.0 Å². The average molecular weight is 514 g/mol. The summed E-state index contributed by atoms with van der Waals surface area (Å²) >= 11 is 0. The average Bonchev–Trinajstić information content (AvgIpc) is 3.62. The molecule has 5 rings (SSSR count). The molecule has 0 saturated heterocycles. The zero-order chi connectivity index (χ0) is 26.5. The van der Waals surface area contributed by atoms with Crippen LogP contribution in [0.2, 0.25) is 0 Å². The van der Waals surface area contributed by atoms with Crippen LogP contribution in [0.25, 0.3) is 0 Å².